The highest BCUT2D eigenvalue weighted by Gasteiger charge is 2.07. The van der Waals surface area contributed by atoms with Gasteiger partial charge in [-0.1, -0.05) is 0 Å². The third-order valence-corrected chi connectivity index (χ3v) is 3.79. The molecule has 114 valence electrons. The molecule has 0 saturated heterocycles. The first-order chi connectivity index (χ1) is 9.43. The van der Waals surface area contributed by atoms with Gasteiger partial charge in [0.15, 0.2) is 0 Å². The maximum absolute atomic E-state index is 11.1. The fraction of sp³-hybridized carbons (Fsp3) is 0.538. The van der Waals surface area contributed by atoms with Gasteiger partial charge in [-0.25, -0.2) is 13.6 Å². The molecule has 0 amide bonds. The van der Waals surface area contributed by atoms with Crippen LogP contribution in [-0.2, 0) is 10.0 Å². The lowest BCUT2D eigenvalue weighted by atomic mass is 10.3. The van der Waals surface area contributed by atoms with E-state index in [1.165, 1.54) is 12.1 Å². The van der Waals surface area contributed by atoms with Crippen LogP contribution in [0.1, 0.15) is 6.42 Å². The van der Waals surface area contributed by atoms with Gasteiger partial charge in [0, 0.05) is 6.54 Å². The van der Waals surface area contributed by atoms with Gasteiger partial charge < -0.3 is 15.0 Å². The normalized spacial score (nSPS) is 11.8. The summed E-state index contributed by atoms with van der Waals surface area (Å²) in [6.45, 7) is 3.39. The number of nitrogens with two attached hydrogens (primary N) is 1. The van der Waals surface area contributed by atoms with Crippen molar-refractivity contribution in [3.63, 3.8) is 0 Å². The lowest BCUT2D eigenvalue weighted by Crippen LogP contribution is -2.27. The van der Waals surface area contributed by atoms with Gasteiger partial charge in [-0.3, -0.25) is 0 Å². The number of benzene rings is 1. The molecule has 1 rings (SSSR count). The molecule has 6 nitrogen and oxygen atoms in total. The Balaban J connectivity index is 2.32. The van der Waals surface area contributed by atoms with Crippen molar-refractivity contribution in [3.05, 3.63) is 24.3 Å². The van der Waals surface area contributed by atoms with Gasteiger partial charge in [0.05, 0.1) is 4.90 Å². The second kappa shape index (κ2) is 8.21. The lowest BCUT2D eigenvalue weighted by Gasteiger charge is -2.16. The highest BCUT2D eigenvalue weighted by molar-refractivity contribution is 7.89. The monoisotopic (exact) mass is 301 g/mol. The summed E-state index contributed by atoms with van der Waals surface area (Å²) in [6, 6.07) is 6.12. The van der Waals surface area contributed by atoms with Crippen LogP contribution < -0.4 is 15.2 Å². The van der Waals surface area contributed by atoms with E-state index in [4.69, 9.17) is 9.88 Å². The Bertz CT molecular complexity index is 488. The Hall–Kier alpha value is -1.15. The number of rotatable bonds is 9. The van der Waals surface area contributed by atoms with E-state index in [1.54, 1.807) is 12.1 Å². The van der Waals surface area contributed by atoms with Crippen LogP contribution in [0.3, 0.4) is 0 Å². The molecule has 0 atom stereocenters. The number of ether oxygens (including phenoxy) is 1. The minimum absolute atomic E-state index is 0.0917. The molecule has 0 aromatic heterocycles. The first kappa shape index (κ1) is 16.9. The van der Waals surface area contributed by atoms with Crippen molar-refractivity contribution in [1.82, 2.24) is 10.2 Å². The van der Waals surface area contributed by atoms with Gasteiger partial charge in [0.1, 0.15) is 12.4 Å². The molecule has 0 heterocycles. The standard InChI is InChI=1S/C13H23N3O3S/c1-15-8-3-9-16(2)10-11-19-12-4-6-13(7-5-12)20(14,17)18/h4-7,15H,3,8-11H2,1-2H3,(H2,14,17,18). The molecule has 0 unspecified atom stereocenters. The Labute approximate surface area is 121 Å². The van der Waals surface area contributed by atoms with E-state index in [0.717, 1.165) is 26.1 Å². The predicted octanol–water partition coefficient (Wildman–Crippen LogP) is 0.254. The first-order valence-electron chi connectivity index (χ1n) is 6.52. The van der Waals surface area contributed by atoms with Crippen LogP contribution in [-0.4, -0.2) is 53.7 Å². The Kier molecular flexibility index (Phi) is 6.94. The van der Waals surface area contributed by atoms with E-state index in [2.05, 4.69) is 10.2 Å². The molecule has 3 N–H and O–H groups in total. The molecule has 0 aliphatic rings. The zero-order valence-corrected chi connectivity index (χ0v) is 12.8. The molecular formula is C13H23N3O3S. The average molecular weight is 301 g/mol. The maximum Gasteiger partial charge on any atom is 0.238 e. The third kappa shape index (κ3) is 6.33. The van der Waals surface area contributed by atoms with E-state index >= 15 is 0 Å². The third-order valence-electron chi connectivity index (χ3n) is 2.86. The number of nitrogens with zero attached hydrogens (tertiary/aromatic N) is 1. The number of hydrogen-bond acceptors (Lipinski definition) is 5. The highest BCUT2D eigenvalue weighted by Crippen LogP contribution is 2.14. The molecule has 7 heteroatoms. The summed E-state index contributed by atoms with van der Waals surface area (Å²) in [5.74, 6) is 0.640. The quantitative estimate of drug-likeness (QED) is 0.639. The summed E-state index contributed by atoms with van der Waals surface area (Å²) < 4.78 is 27.8. The average Bonchev–Trinajstić information content (AvgIpc) is 2.38. The molecule has 0 spiro atoms. The predicted molar refractivity (Wildman–Crippen MR) is 79.4 cm³/mol. The van der Waals surface area contributed by atoms with Crippen LogP contribution in [0.2, 0.25) is 0 Å². The summed E-state index contributed by atoms with van der Waals surface area (Å²) in [6.07, 6.45) is 1.09. The Morgan fingerprint density at radius 3 is 2.45 bits per heavy atom. The number of likely N-dealkylation sites (N-methyl/N-ethyl adjacent to an activating group) is 1. The van der Waals surface area contributed by atoms with Gasteiger partial charge in [-0.05, 0) is 57.9 Å². The molecule has 0 fully saturated rings. The number of sulfonamides is 1. The minimum atomic E-state index is -3.64. The molecule has 0 aliphatic heterocycles. The fourth-order valence-corrected chi connectivity index (χ4v) is 2.20. The van der Waals surface area contributed by atoms with Crippen LogP contribution >= 0.6 is 0 Å². The van der Waals surface area contributed by atoms with E-state index < -0.39 is 10.0 Å². The van der Waals surface area contributed by atoms with Crippen LogP contribution in [0.4, 0.5) is 0 Å². The van der Waals surface area contributed by atoms with Crippen molar-refractivity contribution in [2.45, 2.75) is 11.3 Å². The zero-order valence-electron chi connectivity index (χ0n) is 12.0. The zero-order chi connectivity index (χ0) is 15.0. The first-order valence-corrected chi connectivity index (χ1v) is 8.07. The summed E-state index contributed by atoms with van der Waals surface area (Å²) in [4.78, 5) is 2.28. The lowest BCUT2D eigenvalue weighted by molar-refractivity contribution is 0.235. The van der Waals surface area contributed by atoms with Crippen LogP contribution in [0.5, 0.6) is 5.75 Å². The van der Waals surface area contributed by atoms with E-state index in [9.17, 15) is 8.42 Å². The summed E-state index contributed by atoms with van der Waals surface area (Å²) in [5, 5.41) is 8.13. The van der Waals surface area contributed by atoms with Crippen LogP contribution in [0.25, 0.3) is 0 Å². The van der Waals surface area contributed by atoms with Gasteiger partial charge in [0.2, 0.25) is 10.0 Å². The maximum atomic E-state index is 11.1. The number of primary sulfonamides is 1. The van der Waals surface area contributed by atoms with Crippen molar-refractivity contribution in [1.29, 1.82) is 0 Å². The summed E-state index contributed by atoms with van der Waals surface area (Å²) in [7, 11) is 0.347. The number of hydrogen-bond donors (Lipinski definition) is 2. The van der Waals surface area contributed by atoms with Crippen LogP contribution in [0.15, 0.2) is 29.2 Å². The van der Waals surface area contributed by atoms with Gasteiger partial charge in [-0.2, -0.15) is 0 Å². The SMILES string of the molecule is CNCCCN(C)CCOc1ccc(S(N)(=O)=O)cc1. The second-order valence-corrected chi connectivity index (χ2v) is 6.19. The molecule has 0 radical (unpaired) electrons. The molecular weight excluding hydrogens is 278 g/mol. The molecule has 0 aliphatic carbocycles. The van der Waals surface area contributed by atoms with Crippen LogP contribution in [0, 0.1) is 0 Å². The Morgan fingerprint density at radius 1 is 1.25 bits per heavy atom. The van der Waals surface area contributed by atoms with E-state index in [-0.39, 0.29) is 4.90 Å². The van der Waals surface area contributed by atoms with E-state index in [1.807, 2.05) is 14.1 Å². The summed E-state index contributed by atoms with van der Waals surface area (Å²) in [5.41, 5.74) is 0. The fourth-order valence-electron chi connectivity index (χ4n) is 1.68. The van der Waals surface area contributed by atoms with E-state index in [0.29, 0.717) is 12.4 Å². The Morgan fingerprint density at radius 2 is 1.90 bits per heavy atom. The van der Waals surface area contributed by atoms with Crippen molar-refractivity contribution < 1.29 is 13.2 Å². The van der Waals surface area contributed by atoms with Gasteiger partial charge in [0.25, 0.3) is 0 Å². The number of nitrogens with one attached hydrogen (secondary N) is 1. The van der Waals surface area contributed by atoms with Crippen molar-refractivity contribution in [3.8, 4) is 5.75 Å². The topological polar surface area (TPSA) is 84.7 Å². The summed E-state index contributed by atoms with van der Waals surface area (Å²) >= 11 is 0. The second-order valence-electron chi connectivity index (χ2n) is 4.63. The molecule has 0 saturated carbocycles. The largest absolute Gasteiger partial charge is 0.492 e. The van der Waals surface area contributed by atoms with Gasteiger partial charge in [-0.15, -0.1) is 0 Å². The molecule has 20 heavy (non-hydrogen) atoms. The highest BCUT2D eigenvalue weighted by atomic mass is 32.2. The van der Waals surface area contributed by atoms with Crippen molar-refractivity contribution in [2.24, 2.45) is 5.14 Å². The molecule has 1 aromatic carbocycles. The molecule has 1 aromatic rings. The molecule has 0 bridgehead atoms. The minimum Gasteiger partial charge on any atom is -0.492 e. The van der Waals surface area contributed by atoms with Crippen molar-refractivity contribution in [2.75, 3.05) is 40.3 Å². The van der Waals surface area contributed by atoms with Crippen molar-refractivity contribution >= 4 is 10.0 Å². The smallest absolute Gasteiger partial charge is 0.238 e. The van der Waals surface area contributed by atoms with Gasteiger partial charge >= 0.3 is 0 Å².